The summed E-state index contributed by atoms with van der Waals surface area (Å²) in [5.74, 6) is 0.504. The van der Waals surface area contributed by atoms with Crippen molar-refractivity contribution >= 4 is 27.5 Å². The lowest BCUT2D eigenvalue weighted by molar-refractivity contribution is 0.102. The molecule has 0 bridgehead atoms. The van der Waals surface area contributed by atoms with Crippen LogP contribution in [0, 0.1) is 6.92 Å². The van der Waals surface area contributed by atoms with Gasteiger partial charge in [0.2, 0.25) is 0 Å². The van der Waals surface area contributed by atoms with E-state index >= 15 is 0 Å². The fraction of sp³-hybridized carbons (Fsp3) is 0.143. The second-order valence-corrected chi connectivity index (χ2v) is 4.82. The molecule has 19 heavy (non-hydrogen) atoms. The van der Waals surface area contributed by atoms with Crippen LogP contribution in [0.5, 0.6) is 5.75 Å². The molecule has 98 valence electrons. The molecule has 0 aliphatic heterocycles. The molecule has 1 amide bonds. The van der Waals surface area contributed by atoms with Crippen LogP contribution >= 0.6 is 15.9 Å². The van der Waals surface area contributed by atoms with Gasteiger partial charge < -0.3 is 10.1 Å². The van der Waals surface area contributed by atoms with Crippen molar-refractivity contribution < 1.29 is 9.53 Å². The summed E-state index contributed by atoms with van der Waals surface area (Å²) >= 11 is 3.24. The van der Waals surface area contributed by atoms with Gasteiger partial charge in [0.25, 0.3) is 5.91 Å². The summed E-state index contributed by atoms with van der Waals surface area (Å²) in [7, 11) is 1.59. The van der Waals surface area contributed by atoms with E-state index in [0.717, 1.165) is 10.2 Å². The molecule has 0 atom stereocenters. The lowest BCUT2D eigenvalue weighted by Crippen LogP contribution is -2.12. The molecule has 2 rings (SSSR count). The Balaban J connectivity index is 2.18. The predicted octanol–water partition coefficient (Wildman–Crippen LogP) is 3.41. The Kier molecular flexibility index (Phi) is 4.16. The van der Waals surface area contributed by atoms with Crippen molar-refractivity contribution in [1.29, 1.82) is 0 Å². The molecule has 4 nitrogen and oxygen atoms in total. The summed E-state index contributed by atoms with van der Waals surface area (Å²) in [5.41, 5.74) is 2.18. The van der Waals surface area contributed by atoms with E-state index in [-0.39, 0.29) is 5.91 Å². The second kappa shape index (κ2) is 5.84. The van der Waals surface area contributed by atoms with Gasteiger partial charge in [-0.3, -0.25) is 4.79 Å². The number of carbonyl (C=O) groups excluding carboxylic acids is 1. The molecular formula is C14H13BrN2O2. The third kappa shape index (κ3) is 3.32. The summed E-state index contributed by atoms with van der Waals surface area (Å²) in [4.78, 5) is 16.1. The monoisotopic (exact) mass is 320 g/mol. The number of nitrogens with zero attached hydrogens (tertiary/aromatic N) is 1. The topological polar surface area (TPSA) is 51.2 Å². The van der Waals surface area contributed by atoms with Crippen LogP contribution in [-0.4, -0.2) is 18.0 Å². The van der Waals surface area contributed by atoms with E-state index in [0.29, 0.717) is 17.0 Å². The number of benzene rings is 1. The van der Waals surface area contributed by atoms with Crippen molar-refractivity contribution in [3.05, 3.63) is 52.3 Å². The van der Waals surface area contributed by atoms with E-state index in [2.05, 4.69) is 26.2 Å². The molecule has 2 aromatic rings. The summed E-state index contributed by atoms with van der Waals surface area (Å²) in [6.45, 7) is 1.93. The lowest BCUT2D eigenvalue weighted by Gasteiger charge is -2.08. The van der Waals surface area contributed by atoms with Crippen LogP contribution in [0.3, 0.4) is 0 Å². The smallest absolute Gasteiger partial charge is 0.255 e. The molecule has 1 aromatic heterocycles. The van der Waals surface area contributed by atoms with Crippen LogP contribution < -0.4 is 10.1 Å². The Bertz CT molecular complexity index is 597. The number of aromatic nitrogens is 1. The normalized spacial score (nSPS) is 10.1. The van der Waals surface area contributed by atoms with Crippen molar-refractivity contribution in [3.63, 3.8) is 0 Å². The van der Waals surface area contributed by atoms with Crippen LogP contribution in [0.25, 0.3) is 0 Å². The Hall–Kier alpha value is -1.88. The van der Waals surface area contributed by atoms with Crippen LogP contribution in [0.1, 0.15) is 15.9 Å². The first-order valence-electron chi connectivity index (χ1n) is 5.67. The number of hydrogen-bond acceptors (Lipinski definition) is 3. The minimum atomic E-state index is -0.192. The van der Waals surface area contributed by atoms with E-state index in [9.17, 15) is 4.79 Å². The maximum absolute atomic E-state index is 12.1. The summed E-state index contributed by atoms with van der Waals surface area (Å²) in [5, 5.41) is 2.78. The fourth-order valence-electron chi connectivity index (χ4n) is 1.61. The van der Waals surface area contributed by atoms with Crippen molar-refractivity contribution in [3.8, 4) is 5.75 Å². The number of halogens is 1. The number of nitrogens with one attached hydrogen (secondary N) is 1. The first kappa shape index (κ1) is 13.5. The van der Waals surface area contributed by atoms with Crippen LogP contribution in [0.15, 0.2) is 41.1 Å². The number of pyridine rings is 1. The zero-order valence-corrected chi connectivity index (χ0v) is 12.2. The quantitative estimate of drug-likeness (QED) is 0.882. The molecule has 1 aromatic carbocycles. The lowest BCUT2D eigenvalue weighted by atomic mass is 10.1. The van der Waals surface area contributed by atoms with Gasteiger partial charge in [-0.15, -0.1) is 0 Å². The maximum atomic E-state index is 12.1. The molecule has 0 aliphatic rings. The van der Waals surface area contributed by atoms with Crippen molar-refractivity contribution in [2.24, 2.45) is 0 Å². The van der Waals surface area contributed by atoms with Crippen molar-refractivity contribution in [1.82, 2.24) is 4.98 Å². The summed E-state index contributed by atoms with van der Waals surface area (Å²) in [6, 6.07) is 8.88. The number of amides is 1. The molecule has 1 heterocycles. The fourth-order valence-corrected chi connectivity index (χ4v) is 1.85. The van der Waals surface area contributed by atoms with E-state index in [4.69, 9.17) is 4.74 Å². The van der Waals surface area contributed by atoms with Gasteiger partial charge in [0, 0.05) is 5.56 Å². The molecule has 0 saturated heterocycles. The average Bonchev–Trinajstić information content (AvgIpc) is 2.42. The van der Waals surface area contributed by atoms with Gasteiger partial charge in [-0.05, 0) is 52.7 Å². The minimum absolute atomic E-state index is 0.192. The molecular weight excluding hydrogens is 308 g/mol. The van der Waals surface area contributed by atoms with E-state index in [1.54, 1.807) is 37.6 Å². The molecule has 0 radical (unpaired) electrons. The summed E-state index contributed by atoms with van der Waals surface area (Å²) < 4.78 is 5.93. The molecule has 1 N–H and O–H groups in total. The second-order valence-electron chi connectivity index (χ2n) is 4.01. The molecule has 0 fully saturated rings. The van der Waals surface area contributed by atoms with Crippen LogP contribution in [0.2, 0.25) is 0 Å². The summed E-state index contributed by atoms with van der Waals surface area (Å²) in [6.07, 6.45) is 1.59. The zero-order chi connectivity index (χ0) is 13.8. The Morgan fingerprint density at radius 2 is 2.11 bits per heavy atom. The first-order valence-corrected chi connectivity index (χ1v) is 6.47. The average molecular weight is 321 g/mol. The van der Waals surface area contributed by atoms with Gasteiger partial charge in [0.1, 0.15) is 10.4 Å². The van der Waals surface area contributed by atoms with E-state index < -0.39 is 0 Å². The molecule has 5 heteroatoms. The Morgan fingerprint density at radius 3 is 2.74 bits per heavy atom. The first-order chi connectivity index (χ1) is 9.10. The third-order valence-electron chi connectivity index (χ3n) is 2.66. The van der Waals surface area contributed by atoms with Gasteiger partial charge in [0.15, 0.2) is 0 Å². The minimum Gasteiger partial charge on any atom is -0.496 e. The standard InChI is InChI=1S/C14H13BrN2O2/c1-9-3-4-10(7-12(9)19-2)14(18)17-11-5-6-13(15)16-8-11/h3-8H,1-2H3,(H,17,18). The van der Waals surface area contributed by atoms with Gasteiger partial charge in [-0.25, -0.2) is 4.98 Å². The van der Waals surface area contributed by atoms with Crippen molar-refractivity contribution in [2.75, 3.05) is 12.4 Å². The van der Waals surface area contributed by atoms with Crippen LogP contribution in [0.4, 0.5) is 5.69 Å². The van der Waals surface area contributed by atoms with Gasteiger partial charge in [0.05, 0.1) is 19.0 Å². The van der Waals surface area contributed by atoms with Gasteiger partial charge >= 0.3 is 0 Å². The number of hydrogen-bond donors (Lipinski definition) is 1. The van der Waals surface area contributed by atoms with E-state index in [1.807, 2.05) is 13.0 Å². The molecule has 0 spiro atoms. The molecule has 0 aliphatic carbocycles. The SMILES string of the molecule is COc1cc(C(=O)Nc2ccc(Br)nc2)ccc1C. The zero-order valence-electron chi connectivity index (χ0n) is 10.6. The number of anilines is 1. The van der Waals surface area contributed by atoms with Gasteiger partial charge in [-0.1, -0.05) is 6.07 Å². The highest BCUT2D eigenvalue weighted by Gasteiger charge is 2.09. The third-order valence-corrected chi connectivity index (χ3v) is 3.12. The molecule has 0 unspecified atom stereocenters. The Labute approximate surface area is 119 Å². The highest BCUT2D eigenvalue weighted by atomic mass is 79.9. The maximum Gasteiger partial charge on any atom is 0.255 e. The number of ether oxygens (including phenoxy) is 1. The number of methoxy groups -OCH3 is 1. The molecule has 0 saturated carbocycles. The number of rotatable bonds is 3. The number of aryl methyl sites for hydroxylation is 1. The van der Waals surface area contributed by atoms with E-state index in [1.165, 1.54) is 0 Å². The predicted molar refractivity (Wildman–Crippen MR) is 77.6 cm³/mol. The highest BCUT2D eigenvalue weighted by molar-refractivity contribution is 9.10. The Morgan fingerprint density at radius 1 is 1.32 bits per heavy atom. The number of carbonyl (C=O) groups is 1. The van der Waals surface area contributed by atoms with Crippen LogP contribution in [-0.2, 0) is 0 Å². The largest absolute Gasteiger partial charge is 0.496 e. The van der Waals surface area contributed by atoms with Gasteiger partial charge in [-0.2, -0.15) is 0 Å². The van der Waals surface area contributed by atoms with Crippen molar-refractivity contribution in [2.45, 2.75) is 6.92 Å². The highest BCUT2D eigenvalue weighted by Crippen LogP contribution is 2.20.